The number of nitrogens with one attached hydrogen (secondary N) is 1. The normalized spacial score (nSPS) is 12.0. The molecule has 3 nitrogen and oxygen atoms in total. The zero-order chi connectivity index (χ0) is 16.1. The van der Waals surface area contributed by atoms with Crippen molar-refractivity contribution in [2.24, 2.45) is 0 Å². The van der Waals surface area contributed by atoms with E-state index in [0.29, 0.717) is 5.92 Å². The molecule has 0 fully saturated rings. The smallest absolute Gasteiger partial charge is 0.265 e. The summed E-state index contributed by atoms with van der Waals surface area (Å²) in [5.41, 5.74) is 1.84. The van der Waals surface area contributed by atoms with Crippen molar-refractivity contribution in [3.8, 4) is 5.75 Å². The first kappa shape index (κ1) is 16.6. The number of anilines is 1. The molecule has 116 valence electrons. The molecule has 1 atom stereocenters. The first-order valence-electron chi connectivity index (χ1n) is 7.30. The lowest BCUT2D eigenvalue weighted by molar-refractivity contribution is -0.122. The van der Waals surface area contributed by atoms with Crippen LogP contribution in [0.5, 0.6) is 5.75 Å². The van der Waals surface area contributed by atoms with Crippen molar-refractivity contribution in [2.75, 3.05) is 5.32 Å². The number of hydrogen-bond donors (Lipinski definition) is 1. The topological polar surface area (TPSA) is 38.3 Å². The number of ether oxygens (including phenoxy) is 1. The number of rotatable bonds is 5. The predicted molar refractivity (Wildman–Crippen MR) is 93.4 cm³/mol. The van der Waals surface area contributed by atoms with Gasteiger partial charge in [0.25, 0.3) is 5.91 Å². The van der Waals surface area contributed by atoms with E-state index in [1.807, 2.05) is 48.5 Å². The van der Waals surface area contributed by atoms with Crippen molar-refractivity contribution < 1.29 is 9.53 Å². The van der Waals surface area contributed by atoms with Gasteiger partial charge in [-0.15, -0.1) is 0 Å². The second-order valence-corrected chi connectivity index (χ2v) is 6.28. The van der Waals surface area contributed by atoms with Crippen molar-refractivity contribution in [3.63, 3.8) is 0 Å². The van der Waals surface area contributed by atoms with Gasteiger partial charge in [-0.1, -0.05) is 44.2 Å². The number of para-hydroxylation sites is 2. The number of carbonyl (C=O) groups is 1. The van der Waals surface area contributed by atoms with Crippen molar-refractivity contribution in [1.82, 2.24) is 0 Å². The minimum absolute atomic E-state index is 0.176. The molecule has 0 aliphatic carbocycles. The molecule has 1 amide bonds. The number of hydrogen-bond acceptors (Lipinski definition) is 2. The van der Waals surface area contributed by atoms with E-state index >= 15 is 0 Å². The Balaban J connectivity index is 2.08. The van der Waals surface area contributed by atoms with E-state index in [9.17, 15) is 4.79 Å². The second kappa shape index (κ2) is 7.45. The maximum atomic E-state index is 12.3. The van der Waals surface area contributed by atoms with Crippen molar-refractivity contribution in [1.29, 1.82) is 0 Å². The third-order valence-electron chi connectivity index (χ3n) is 3.35. The minimum atomic E-state index is -0.577. The zero-order valence-corrected chi connectivity index (χ0v) is 14.6. The summed E-state index contributed by atoms with van der Waals surface area (Å²) in [4.78, 5) is 12.3. The van der Waals surface area contributed by atoms with E-state index < -0.39 is 6.10 Å². The zero-order valence-electron chi connectivity index (χ0n) is 13.0. The summed E-state index contributed by atoms with van der Waals surface area (Å²) >= 11 is 3.42. The SMILES string of the molecule is CC(Oc1ccccc1C(C)C)C(=O)Nc1ccccc1Br. The van der Waals surface area contributed by atoms with Crippen molar-refractivity contribution in [3.05, 3.63) is 58.6 Å². The first-order valence-corrected chi connectivity index (χ1v) is 8.09. The molecule has 0 saturated carbocycles. The van der Waals surface area contributed by atoms with Gasteiger partial charge in [0.1, 0.15) is 5.75 Å². The fourth-order valence-corrected chi connectivity index (χ4v) is 2.49. The van der Waals surface area contributed by atoms with Crippen LogP contribution in [-0.2, 0) is 4.79 Å². The van der Waals surface area contributed by atoms with Crippen molar-refractivity contribution in [2.45, 2.75) is 32.8 Å². The van der Waals surface area contributed by atoms with Crippen LogP contribution in [0.25, 0.3) is 0 Å². The Labute approximate surface area is 139 Å². The van der Waals surface area contributed by atoms with Gasteiger partial charge in [-0.3, -0.25) is 4.79 Å². The Morgan fingerprint density at radius 2 is 1.68 bits per heavy atom. The Morgan fingerprint density at radius 1 is 1.05 bits per heavy atom. The Morgan fingerprint density at radius 3 is 2.36 bits per heavy atom. The molecule has 0 radical (unpaired) electrons. The fraction of sp³-hybridized carbons (Fsp3) is 0.278. The summed E-state index contributed by atoms with van der Waals surface area (Å²) in [6.07, 6.45) is -0.577. The highest BCUT2D eigenvalue weighted by Crippen LogP contribution is 2.27. The molecule has 0 saturated heterocycles. The molecule has 1 N–H and O–H groups in total. The molecule has 4 heteroatoms. The Hall–Kier alpha value is -1.81. The molecule has 0 aliphatic rings. The quantitative estimate of drug-likeness (QED) is 0.815. The maximum Gasteiger partial charge on any atom is 0.265 e. The van der Waals surface area contributed by atoms with Gasteiger partial charge in [0, 0.05) is 4.47 Å². The molecule has 0 spiro atoms. The Bertz CT molecular complexity index is 655. The van der Waals surface area contributed by atoms with Crippen molar-refractivity contribution >= 4 is 27.5 Å². The van der Waals surface area contributed by atoms with Crippen LogP contribution in [-0.4, -0.2) is 12.0 Å². The van der Waals surface area contributed by atoms with Crippen LogP contribution in [0.4, 0.5) is 5.69 Å². The molecular formula is C18H20BrNO2. The third-order valence-corrected chi connectivity index (χ3v) is 4.04. The molecule has 22 heavy (non-hydrogen) atoms. The molecule has 1 unspecified atom stereocenters. The Kier molecular flexibility index (Phi) is 5.61. The van der Waals surface area contributed by atoms with E-state index in [4.69, 9.17) is 4.74 Å². The third kappa shape index (κ3) is 4.10. The standard InChI is InChI=1S/C18H20BrNO2/c1-12(2)14-8-4-7-11-17(14)22-13(3)18(21)20-16-10-6-5-9-15(16)19/h4-13H,1-3H3,(H,20,21). The number of halogens is 1. The van der Waals surface area contributed by atoms with E-state index in [-0.39, 0.29) is 5.91 Å². The van der Waals surface area contributed by atoms with Gasteiger partial charge < -0.3 is 10.1 Å². The van der Waals surface area contributed by atoms with Crippen LogP contribution in [0.1, 0.15) is 32.3 Å². The van der Waals surface area contributed by atoms with Gasteiger partial charge >= 0.3 is 0 Å². The van der Waals surface area contributed by atoms with Crippen LogP contribution < -0.4 is 10.1 Å². The van der Waals surface area contributed by atoms with Crippen LogP contribution in [0, 0.1) is 0 Å². The average Bonchev–Trinajstić information content (AvgIpc) is 2.49. The fourth-order valence-electron chi connectivity index (χ4n) is 2.11. The highest BCUT2D eigenvalue weighted by Gasteiger charge is 2.18. The van der Waals surface area contributed by atoms with E-state index in [0.717, 1.165) is 21.5 Å². The average molecular weight is 362 g/mol. The molecule has 2 rings (SSSR count). The van der Waals surface area contributed by atoms with Crippen LogP contribution in [0.3, 0.4) is 0 Å². The van der Waals surface area contributed by atoms with Gasteiger partial charge in [0.15, 0.2) is 6.10 Å². The maximum absolute atomic E-state index is 12.3. The van der Waals surface area contributed by atoms with E-state index in [1.54, 1.807) is 6.92 Å². The monoisotopic (exact) mass is 361 g/mol. The van der Waals surface area contributed by atoms with Gasteiger partial charge in [0.05, 0.1) is 5.69 Å². The van der Waals surface area contributed by atoms with Gasteiger partial charge in [0.2, 0.25) is 0 Å². The molecule has 2 aromatic rings. The largest absolute Gasteiger partial charge is 0.481 e. The number of benzene rings is 2. The summed E-state index contributed by atoms with van der Waals surface area (Å²) in [6, 6.07) is 15.3. The lowest BCUT2D eigenvalue weighted by Crippen LogP contribution is -2.30. The summed E-state index contributed by atoms with van der Waals surface area (Å²) in [5, 5.41) is 2.87. The van der Waals surface area contributed by atoms with E-state index in [2.05, 4.69) is 35.1 Å². The van der Waals surface area contributed by atoms with Gasteiger partial charge in [-0.25, -0.2) is 0 Å². The molecular weight excluding hydrogens is 342 g/mol. The molecule has 2 aromatic carbocycles. The molecule has 0 aromatic heterocycles. The number of amides is 1. The van der Waals surface area contributed by atoms with Crippen LogP contribution in [0.2, 0.25) is 0 Å². The van der Waals surface area contributed by atoms with Crippen LogP contribution >= 0.6 is 15.9 Å². The summed E-state index contributed by atoms with van der Waals surface area (Å²) in [6.45, 7) is 5.96. The highest BCUT2D eigenvalue weighted by atomic mass is 79.9. The first-order chi connectivity index (χ1) is 10.5. The van der Waals surface area contributed by atoms with Gasteiger partial charge in [-0.2, -0.15) is 0 Å². The minimum Gasteiger partial charge on any atom is -0.481 e. The van der Waals surface area contributed by atoms with Gasteiger partial charge in [-0.05, 0) is 52.5 Å². The molecule has 0 heterocycles. The predicted octanol–water partition coefficient (Wildman–Crippen LogP) is 4.98. The lowest BCUT2D eigenvalue weighted by atomic mass is 10.0. The van der Waals surface area contributed by atoms with E-state index in [1.165, 1.54) is 0 Å². The highest BCUT2D eigenvalue weighted by molar-refractivity contribution is 9.10. The summed E-state index contributed by atoms with van der Waals surface area (Å²) < 4.78 is 6.70. The summed E-state index contributed by atoms with van der Waals surface area (Å²) in [7, 11) is 0. The molecule has 0 bridgehead atoms. The number of carbonyl (C=O) groups excluding carboxylic acids is 1. The van der Waals surface area contributed by atoms with Crippen LogP contribution in [0.15, 0.2) is 53.0 Å². The molecule has 0 aliphatic heterocycles. The summed E-state index contributed by atoms with van der Waals surface area (Å²) in [5.74, 6) is 0.924. The second-order valence-electron chi connectivity index (χ2n) is 5.42. The lowest BCUT2D eigenvalue weighted by Gasteiger charge is -2.19.